The smallest absolute Gasteiger partial charge is 0.325 e. The molecular weight excluding hydrogens is 533 g/mol. The van der Waals surface area contributed by atoms with E-state index in [1.54, 1.807) is 11.0 Å². The summed E-state index contributed by atoms with van der Waals surface area (Å²) in [6.07, 6.45) is 2.66. The van der Waals surface area contributed by atoms with Gasteiger partial charge in [-0.3, -0.25) is 9.79 Å². The van der Waals surface area contributed by atoms with Crippen molar-refractivity contribution >= 4 is 28.8 Å². The van der Waals surface area contributed by atoms with Crippen molar-refractivity contribution in [3.63, 3.8) is 0 Å². The van der Waals surface area contributed by atoms with Crippen LogP contribution in [0.3, 0.4) is 0 Å². The molecule has 40 heavy (non-hydrogen) atoms. The van der Waals surface area contributed by atoms with Gasteiger partial charge in [0.05, 0.1) is 11.9 Å². The molecule has 0 unspecified atom stereocenters. The zero-order chi connectivity index (χ0) is 29.1. The lowest BCUT2D eigenvalue weighted by Crippen LogP contribution is -2.40. The van der Waals surface area contributed by atoms with E-state index in [0.29, 0.717) is 12.4 Å². The Morgan fingerprint density at radius 1 is 1.15 bits per heavy atom. The SMILES string of the molecule is CN=C(C=C(C)C)Nc1nc(C(F)(F)c2ccc(F)cc2)nn2cc(NC(=O)CCN3CCC(F)(F)CC3)cc12. The first kappa shape index (κ1) is 29.1. The molecule has 1 aliphatic rings. The number of benzene rings is 1. The maximum Gasteiger partial charge on any atom is 0.333 e. The van der Waals surface area contributed by atoms with Crippen LogP contribution in [0.25, 0.3) is 5.52 Å². The van der Waals surface area contributed by atoms with Gasteiger partial charge in [-0.15, -0.1) is 5.10 Å². The van der Waals surface area contributed by atoms with Gasteiger partial charge in [0, 0.05) is 51.5 Å². The highest BCUT2D eigenvalue weighted by molar-refractivity contribution is 6.05. The van der Waals surface area contributed by atoms with Crippen molar-refractivity contribution in [1.82, 2.24) is 19.5 Å². The predicted molar refractivity (Wildman–Crippen MR) is 143 cm³/mol. The normalized spacial score (nSPS) is 16.1. The van der Waals surface area contributed by atoms with Gasteiger partial charge in [0.1, 0.15) is 17.2 Å². The molecule has 0 saturated carbocycles. The largest absolute Gasteiger partial charge is 0.333 e. The summed E-state index contributed by atoms with van der Waals surface area (Å²) >= 11 is 0. The second-order valence-corrected chi connectivity index (χ2v) is 9.88. The molecule has 0 bridgehead atoms. The van der Waals surface area contributed by atoms with Crippen LogP contribution in [-0.4, -0.2) is 63.8 Å². The summed E-state index contributed by atoms with van der Waals surface area (Å²) in [5.41, 5.74) is 0.974. The minimum atomic E-state index is -3.67. The fourth-order valence-corrected chi connectivity index (χ4v) is 4.22. The van der Waals surface area contributed by atoms with Crippen molar-refractivity contribution < 1.29 is 26.7 Å². The van der Waals surface area contributed by atoms with Crippen molar-refractivity contribution in [3.05, 3.63) is 65.4 Å². The highest BCUT2D eigenvalue weighted by Gasteiger charge is 2.39. The van der Waals surface area contributed by atoms with Gasteiger partial charge in [0.2, 0.25) is 11.7 Å². The number of aliphatic imine (C=N–C) groups is 1. The molecule has 2 aromatic heterocycles. The summed E-state index contributed by atoms with van der Waals surface area (Å²) in [4.78, 5) is 22.6. The lowest BCUT2D eigenvalue weighted by molar-refractivity contribution is -0.116. The Morgan fingerprint density at radius 2 is 1.82 bits per heavy atom. The number of amidine groups is 1. The third-order valence-corrected chi connectivity index (χ3v) is 6.39. The third-order valence-electron chi connectivity index (χ3n) is 6.39. The molecule has 8 nitrogen and oxygen atoms in total. The van der Waals surface area contributed by atoms with Crippen LogP contribution in [0.15, 0.2) is 53.2 Å². The highest BCUT2D eigenvalue weighted by atomic mass is 19.3. The number of allylic oxidation sites excluding steroid dienone is 1. The molecule has 214 valence electrons. The van der Waals surface area contributed by atoms with Gasteiger partial charge in [-0.05, 0) is 50.3 Å². The van der Waals surface area contributed by atoms with Crippen LogP contribution in [0, 0.1) is 5.82 Å². The Bertz CT molecular complexity index is 1420. The summed E-state index contributed by atoms with van der Waals surface area (Å²) in [7, 11) is 1.53. The molecule has 0 spiro atoms. The minimum absolute atomic E-state index is 0.0135. The van der Waals surface area contributed by atoms with E-state index in [2.05, 4.69) is 25.7 Å². The Balaban J connectivity index is 1.61. The van der Waals surface area contributed by atoms with Crippen LogP contribution in [0.2, 0.25) is 0 Å². The number of aromatic nitrogens is 3. The number of fused-ring (bicyclic) bond motifs is 1. The number of carbonyl (C=O) groups excluding carboxylic acids is 1. The average molecular weight is 564 g/mol. The molecule has 0 radical (unpaired) electrons. The quantitative estimate of drug-likeness (QED) is 0.216. The van der Waals surface area contributed by atoms with Crippen molar-refractivity contribution in [2.45, 2.75) is 45.0 Å². The number of nitrogens with zero attached hydrogens (tertiary/aromatic N) is 5. The molecule has 1 fully saturated rings. The number of anilines is 2. The van der Waals surface area contributed by atoms with E-state index in [4.69, 9.17) is 0 Å². The van der Waals surface area contributed by atoms with Crippen LogP contribution >= 0.6 is 0 Å². The third kappa shape index (κ3) is 7.00. The molecule has 1 aliphatic heterocycles. The summed E-state index contributed by atoms with van der Waals surface area (Å²) in [5, 5.41) is 9.65. The average Bonchev–Trinajstić information content (AvgIpc) is 3.30. The number of nitrogens with one attached hydrogen (secondary N) is 2. The summed E-state index contributed by atoms with van der Waals surface area (Å²) in [5.74, 6) is -7.84. The van der Waals surface area contributed by atoms with Crippen LogP contribution < -0.4 is 10.6 Å². The number of alkyl halides is 4. The van der Waals surface area contributed by atoms with Gasteiger partial charge in [-0.25, -0.2) is 22.7 Å². The molecule has 13 heteroatoms. The predicted octanol–water partition coefficient (Wildman–Crippen LogP) is 5.47. The minimum Gasteiger partial charge on any atom is -0.325 e. The van der Waals surface area contributed by atoms with Gasteiger partial charge >= 0.3 is 5.92 Å². The van der Waals surface area contributed by atoms with Gasteiger partial charge in [0.25, 0.3) is 5.92 Å². The second kappa shape index (κ2) is 11.7. The number of piperidine rings is 1. The number of hydrogen-bond acceptors (Lipinski definition) is 5. The van der Waals surface area contributed by atoms with E-state index in [0.717, 1.165) is 29.8 Å². The van der Waals surface area contributed by atoms with E-state index >= 15 is 8.78 Å². The molecular formula is C27H30F5N7O. The first-order valence-electron chi connectivity index (χ1n) is 12.7. The zero-order valence-electron chi connectivity index (χ0n) is 22.3. The Labute approximate surface area is 228 Å². The van der Waals surface area contributed by atoms with Crippen LogP contribution in [0.1, 0.15) is 44.5 Å². The van der Waals surface area contributed by atoms with E-state index < -0.39 is 29.1 Å². The molecule has 0 aliphatic carbocycles. The molecule has 3 aromatic rings. The number of rotatable bonds is 8. The van der Waals surface area contributed by atoms with Crippen LogP contribution in [-0.2, 0) is 10.7 Å². The molecule has 1 saturated heterocycles. The molecule has 0 atom stereocenters. The molecule has 2 N–H and O–H groups in total. The number of halogens is 5. The highest BCUT2D eigenvalue weighted by Crippen LogP contribution is 2.35. The van der Waals surface area contributed by atoms with Crippen molar-refractivity contribution in [3.8, 4) is 0 Å². The zero-order valence-corrected chi connectivity index (χ0v) is 22.3. The molecule has 1 amide bonds. The van der Waals surface area contributed by atoms with E-state index in [9.17, 15) is 18.0 Å². The maximum absolute atomic E-state index is 15.4. The summed E-state index contributed by atoms with van der Waals surface area (Å²) in [6.45, 7) is 4.42. The molecule has 3 heterocycles. The Morgan fingerprint density at radius 3 is 2.45 bits per heavy atom. The van der Waals surface area contributed by atoms with Crippen molar-refractivity contribution in [2.24, 2.45) is 4.99 Å². The van der Waals surface area contributed by atoms with Gasteiger partial charge in [-0.2, -0.15) is 8.78 Å². The van der Waals surface area contributed by atoms with Gasteiger partial charge in [0.15, 0.2) is 5.82 Å². The Hall–Kier alpha value is -3.87. The number of amides is 1. The molecule has 4 rings (SSSR count). The van der Waals surface area contributed by atoms with Crippen LogP contribution in [0.5, 0.6) is 0 Å². The van der Waals surface area contributed by atoms with E-state index in [-0.39, 0.29) is 55.3 Å². The van der Waals surface area contributed by atoms with Crippen LogP contribution in [0.4, 0.5) is 33.5 Å². The fourth-order valence-electron chi connectivity index (χ4n) is 4.22. The summed E-state index contributed by atoms with van der Waals surface area (Å²) < 4.78 is 72.2. The first-order valence-corrected chi connectivity index (χ1v) is 12.7. The number of hydrogen-bond donors (Lipinski definition) is 2. The number of carbonyl (C=O) groups is 1. The number of likely N-dealkylation sites (tertiary alicyclic amines) is 1. The maximum atomic E-state index is 15.4. The Kier molecular flexibility index (Phi) is 8.52. The van der Waals surface area contributed by atoms with Gasteiger partial charge < -0.3 is 15.5 Å². The monoisotopic (exact) mass is 563 g/mol. The standard InChI is InChI=1S/C27H30F5N7O/c1-17(2)14-22(33-3)35-24-21-15-20(34-23(40)8-11-38-12-9-26(29,30)10-13-38)16-39(21)37-25(36-24)27(31,32)18-4-6-19(28)7-5-18/h4-7,14-16H,8-13H2,1-3H3,(H,34,40)(H,33,35,36,37). The van der Waals surface area contributed by atoms with Gasteiger partial charge in [-0.1, -0.05) is 5.57 Å². The lowest BCUT2D eigenvalue weighted by Gasteiger charge is -2.31. The lowest BCUT2D eigenvalue weighted by atomic mass is 10.1. The second-order valence-electron chi connectivity index (χ2n) is 9.88. The topological polar surface area (TPSA) is 86.9 Å². The van der Waals surface area contributed by atoms with E-state index in [1.807, 2.05) is 13.8 Å². The summed E-state index contributed by atoms with van der Waals surface area (Å²) in [6, 6.07) is 5.30. The first-order chi connectivity index (χ1) is 18.9. The fraction of sp³-hybridized carbons (Fsp3) is 0.407. The molecule has 1 aromatic carbocycles. The van der Waals surface area contributed by atoms with Crippen molar-refractivity contribution in [1.29, 1.82) is 0 Å². The van der Waals surface area contributed by atoms with E-state index in [1.165, 1.54) is 23.8 Å². The van der Waals surface area contributed by atoms with Crippen molar-refractivity contribution in [2.75, 3.05) is 37.3 Å².